The highest BCUT2D eigenvalue weighted by atomic mass is 15.2. The molecule has 0 spiro atoms. The number of H-pyrrole nitrogens is 1. The van der Waals surface area contributed by atoms with E-state index in [1.165, 1.54) is 12.4 Å². The third-order valence-corrected chi connectivity index (χ3v) is 2.81. The minimum atomic E-state index is 0.251. The lowest BCUT2D eigenvalue weighted by Gasteiger charge is -2.08. The van der Waals surface area contributed by atoms with Gasteiger partial charge in [-0.3, -0.25) is 0 Å². The van der Waals surface area contributed by atoms with Crippen molar-refractivity contribution >= 4 is 17.3 Å². The van der Waals surface area contributed by atoms with Crippen LogP contribution >= 0.6 is 0 Å². The Kier molecular flexibility index (Phi) is 3.57. The molecule has 0 amide bonds. The van der Waals surface area contributed by atoms with Crippen molar-refractivity contribution in [3.63, 3.8) is 0 Å². The monoisotopic (exact) mass is 293 g/mol. The van der Waals surface area contributed by atoms with E-state index in [0.717, 1.165) is 5.69 Å². The summed E-state index contributed by atoms with van der Waals surface area (Å²) in [5.74, 6) is 1.60. The highest BCUT2D eigenvalue weighted by Crippen LogP contribution is 2.24. The van der Waals surface area contributed by atoms with Gasteiger partial charge >= 0.3 is 0 Å². The number of imidazole rings is 1. The lowest BCUT2D eigenvalue weighted by Crippen LogP contribution is -2.03. The molecule has 3 heterocycles. The molecule has 0 aliphatic rings. The molecule has 3 rings (SSSR count). The van der Waals surface area contributed by atoms with Gasteiger partial charge in [0, 0.05) is 25.5 Å². The largest absolute Gasteiger partial charge is 0.386 e. The van der Waals surface area contributed by atoms with Crippen molar-refractivity contribution in [2.75, 3.05) is 17.7 Å². The van der Waals surface area contributed by atoms with Gasteiger partial charge in [0.25, 0.3) is 0 Å². The summed E-state index contributed by atoms with van der Waals surface area (Å²) in [5, 5.41) is 23.0. The SMILES string of the molecule is CNc1cc(Nc2cnc(C#N)cn2)nnc1-c1ncc[nH]1. The average Bonchev–Trinajstić information content (AvgIpc) is 3.09. The van der Waals surface area contributed by atoms with Gasteiger partial charge in [0.15, 0.2) is 23.0 Å². The summed E-state index contributed by atoms with van der Waals surface area (Å²) in [4.78, 5) is 15.1. The van der Waals surface area contributed by atoms with Crippen molar-refractivity contribution in [1.82, 2.24) is 30.1 Å². The predicted molar refractivity (Wildman–Crippen MR) is 79.2 cm³/mol. The van der Waals surface area contributed by atoms with E-state index in [-0.39, 0.29) is 5.69 Å². The van der Waals surface area contributed by atoms with Crippen LogP contribution in [-0.2, 0) is 0 Å². The molecule has 108 valence electrons. The molecule has 3 aromatic heterocycles. The Hall–Kier alpha value is -3.54. The number of anilines is 3. The van der Waals surface area contributed by atoms with Crippen molar-refractivity contribution in [3.8, 4) is 17.6 Å². The first-order valence-electron chi connectivity index (χ1n) is 6.34. The van der Waals surface area contributed by atoms with E-state index in [1.54, 1.807) is 25.5 Å². The van der Waals surface area contributed by atoms with E-state index >= 15 is 0 Å². The van der Waals surface area contributed by atoms with Crippen LogP contribution in [0, 0.1) is 11.3 Å². The lowest BCUT2D eigenvalue weighted by atomic mass is 10.3. The van der Waals surface area contributed by atoms with Crippen LogP contribution in [-0.4, -0.2) is 37.2 Å². The number of rotatable bonds is 4. The standard InChI is InChI=1S/C13H11N9/c1-15-9-4-10(20-11-7-18-8(5-14)6-19-11)21-22-12(9)13-16-2-3-17-13/h2-4,6-7H,1H3,(H,16,17)(H2,15,19,20,21). The minimum Gasteiger partial charge on any atom is -0.386 e. The van der Waals surface area contributed by atoms with Gasteiger partial charge < -0.3 is 15.6 Å². The van der Waals surface area contributed by atoms with Crippen molar-refractivity contribution in [1.29, 1.82) is 5.26 Å². The highest BCUT2D eigenvalue weighted by Gasteiger charge is 2.11. The Morgan fingerprint density at radius 1 is 1.14 bits per heavy atom. The summed E-state index contributed by atoms with van der Waals surface area (Å²) >= 11 is 0. The quantitative estimate of drug-likeness (QED) is 0.656. The molecule has 22 heavy (non-hydrogen) atoms. The van der Waals surface area contributed by atoms with Crippen molar-refractivity contribution in [2.24, 2.45) is 0 Å². The second-order valence-corrected chi connectivity index (χ2v) is 4.20. The summed E-state index contributed by atoms with van der Waals surface area (Å²) < 4.78 is 0. The summed E-state index contributed by atoms with van der Waals surface area (Å²) in [5.41, 5.74) is 1.62. The van der Waals surface area contributed by atoms with E-state index in [1.807, 2.05) is 6.07 Å². The molecule has 0 aliphatic heterocycles. The molecule has 0 bridgehead atoms. The number of nitrogens with zero attached hydrogens (tertiary/aromatic N) is 6. The molecule has 0 radical (unpaired) electrons. The number of aromatic amines is 1. The fraction of sp³-hybridized carbons (Fsp3) is 0.0769. The molecule has 0 atom stereocenters. The Morgan fingerprint density at radius 3 is 2.68 bits per heavy atom. The summed E-state index contributed by atoms with van der Waals surface area (Å²) in [6, 6.07) is 3.69. The summed E-state index contributed by atoms with van der Waals surface area (Å²) in [6.07, 6.45) is 6.20. The predicted octanol–water partition coefficient (Wildman–Crippen LogP) is 1.31. The van der Waals surface area contributed by atoms with Crippen LogP contribution in [0.4, 0.5) is 17.3 Å². The first-order valence-corrected chi connectivity index (χ1v) is 6.34. The number of hydrogen-bond acceptors (Lipinski definition) is 8. The molecule has 0 saturated heterocycles. The van der Waals surface area contributed by atoms with Gasteiger partial charge in [0.1, 0.15) is 11.9 Å². The fourth-order valence-electron chi connectivity index (χ4n) is 1.79. The van der Waals surface area contributed by atoms with Crippen LogP contribution in [0.3, 0.4) is 0 Å². The Balaban J connectivity index is 1.87. The number of nitriles is 1. The number of nitrogens with one attached hydrogen (secondary N) is 3. The topological polar surface area (TPSA) is 128 Å². The van der Waals surface area contributed by atoms with Gasteiger partial charge in [-0.05, 0) is 0 Å². The Bertz CT molecular complexity index is 803. The van der Waals surface area contributed by atoms with Crippen LogP contribution in [0.25, 0.3) is 11.5 Å². The molecule has 0 aliphatic carbocycles. The second-order valence-electron chi connectivity index (χ2n) is 4.20. The van der Waals surface area contributed by atoms with E-state index in [2.05, 4.69) is 40.8 Å². The van der Waals surface area contributed by atoms with Gasteiger partial charge in [-0.25, -0.2) is 15.0 Å². The lowest BCUT2D eigenvalue weighted by molar-refractivity contribution is 1.02. The van der Waals surface area contributed by atoms with E-state index in [4.69, 9.17) is 5.26 Å². The Morgan fingerprint density at radius 2 is 2.05 bits per heavy atom. The third-order valence-electron chi connectivity index (χ3n) is 2.81. The van der Waals surface area contributed by atoms with E-state index < -0.39 is 0 Å². The van der Waals surface area contributed by atoms with Crippen molar-refractivity contribution in [2.45, 2.75) is 0 Å². The molecule has 0 unspecified atom stereocenters. The molecule has 0 saturated carbocycles. The molecule has 9 heteroatoms. The maximum atomic E-state index is 8.70. The summed E-state index contributed by atoms with van der Waals surface area (Å²) in [6.45, 7) is 0. The van der Waals surface area contributed by atoms with Crippen LogP contribution in [0.15, 0.2) is 30.9 Å². The van der Waals surface area contributed by atoms with Crippen molar-refractivity contribution in [3.05, 3.63) is 36.5 Å². The maximum Gasteiger partial charge on any atom is 0.160 e. The number of hydrogen-bond donors (Lipinski definition) is 3. The first kappa shape index (κ1) is 13.4. The van der Waals surface area contributed by atoms with Gasteiger partial charge in [0.2, 0.25) is 0 Å². The molecule has 3 N–H and O–H groups in total. The maximum absolute atomic E-state index is 8.70. The highest BCUT2D eigenvalue weighted by molar-refractivity contribution is 5.72. The average molecular weight is 293 g/mol. The second kappa shape index (κ2) is 5.84. The Labute approximate surface area is 125 Å². The molecule has 0 aromatic carbocycles. The van der Waals surface area contributed by atoms with Crippen LogP contribution in [0.5, 0.6) is 0 Å². The zero-order valence-corrected chi connectivity index (χ0v) is 11.6. The van der Waals surface area contributed by atoms with Crippen LogP contribution < -0.4 is 10.6 Å². The number of aromatic nitrogens is 6. The van der Waals surface area contributed by atoms with E-state index in [9.17, 15) is 0 Å². The molecular weight excluding hydrogens is 282 g/mol. The molecular formula is C13H11N9. The zero-order valence-electron chi connectivity index (χ0n) is 11.6. The minimum absolute atomic E-state index is 0.251. The van der Waals surface area contributed by atoms with Crippen LogP contribution in [0.2, 0.25) is 0 Å². The molecule has 9 nitrogen and oxygen atoms in total. The van der Waals surface area contributed by atoms with Gasteiger partial charge in [-0.15, -0.1) is 10.2 Å². The fourth-order valence-corrected chi connectivity index (χ4v) is 1.79. The third kappa shape index (κ3) is 2.66. The first-order chi connectivity index (χ1) is 10.8. The summed E-state index contributed by atoms with van der Waals surface area (Å²) in [7, 11) is 1.79. The van der Waals surface area contributed by atoms with E-state index in [0.29, 0.717) is 23.2 Å². The zero-order chi connectivity index (χ0) is 15.4. The van der Waals surface area contributed by atoms with Gasteiger partial charge in [-0.2, -0.15) is 5.26 Å². The normalized spacial score (nSPS) is 10.0. The molecule has 3 aromatic rings. The smallest absolute Gasteiger partial charge is 0.160 e. The van der Waals surface area contributed by atoms with Gasteiger partial charge in [0.05, 0.1) is 18.1 Å². The van der Waals surface area contributed by atoms with Crippen LogP contribution in [0.1, 0.15) is 5.69 Å². The molecule has 0 fully saturated rings. The van der Waals surface area contributed by atoms with Crippen molar-refractivity contribution < 1.29 is 0 Å². The van der Waals surface area contributed by atoms with Gasteiger partial charge in [-0.1, -0.05) is 0 Å².